The molecule has 4 aromatic carbocycles. The summed E-state index contributed by atoms with van der Waals surface area (Å²) < 4.78 is 1.42. The van der Waals surface area contributed by atoms with Crippen molar-refractivity contribution in [3.05, 3.63) is 130 Å². The van der Waals surface area contributed by atoms with Gasteiger partial charge in [-0.05, 0) is 36.8 Å². The lowest BCUT2D eigenvalue weighted by molar-refractivity contribution is 0.0940. The molecule has 1 aliphatic heterocycles. The smallest absolute Gasteiger partial charge is 0.280 e. The number of rotatable bonds is 3. The Morgan fingerprint density at radius 1 is 0.771 bits per heavy atom. The van der Waals surface area contributed by atoms with Gasteiger partial charge in [0.1, 0.15) is 6.17 Å². The van der Waals surface area contributed by atoms with Crippen molar-refractivity contribution in [1.29, 1.82) is 0 Å². The number of aromatic nitrogens is 2. The Hall–Kier alpha value is -4.71. The molecule has 6 heteroatoms. The molecule has 0 bridgehead atoms. The second-order valence-electron chi connectivity index (χ2n) is 8.59. The van der Waals surface area contributed by atoms with E-state index in [-0.39, 0.29) is 11.5 Å². The minimum atomic E-state index is -0.610. The van der Waals surface area contributed by atoms with E-state index in [1.165, 1.54) is 9.69 Å². The maximum absolute atomic E-state index is 14.0. The molecule has 1 unspecified atom stereocenters. The summed E-state index contributed by atoms with van der Waals surface area (Å²) in [6.45, 7) is 2.02. The molecule has 0 radical (unpaired) electrons. The zero-order valence-electron chi connectivity index (χ0n) is 19.1. The van der Waals surface area contributed by atoms with Gasteiger partial charge in [-0.3, -0.25) is 9.59 Å². The summed E-state index contributed by atoms with van der Waals surface area (Å²) in [7, 11) is 0. The molecule has 6 rings (SSSR count). The average molecular weight is 459 g/mol. The van der Waals surface area contributed by atoms with Gasteiger partial charge in [-0.25, -0.2) is 9.99 Å². The topological polar surface area (TPSA) is 67.2 Å². The molecular formula is C29H22N4O2. The first-order valence-electron chi connectivity index (χ1n) is 11.4. The Balaban J connectivity index is 1.67. The summed E-state index contributed by atoms with van der Waals surface area (Å²) in [5.74, 6) is 0.127. The van der Waals surface area contributed by atoms with Gasteiger partial charge in [-0.15, -0.1) is 0 Å². The van der Waals surface area contributed by atoms with Crippen LogP contribution in [0.3, 0.4) is 0 Å². The fraction of sp³-hybridized carbons (Fsp3) is 0.0690. The standard InChI is InChI=1S/C29H22N4O2/c1-19-15-17-21(18-16-19)27-31-25-14-8-6-12-23(25)29(35)33(27)32-26(20-9-3-2-4-10-20)30-24-13-7-5-11-22(24)28(32)34/h2-18,27,31H,1H3. The molecule has 35 heavy (non-hydrogen) atoms. The molecule has 0 fully saturated rings. The highest BCUT2D eigenvalue weighted by Crippen LogP contribution is 2.33. The number of para-hydroxylation sites is 2. The number of hydrogen-bond donors (Lipinski definition) is 1. The summed E-state index contributed by atoms with van der Waals surface area (Å²) in [4.78, 5) is 32.9. The van der Waals surface area contributed by atoms with Crippen molar-refractivity contribution in [1.82, 2.24) is 9.66 Å². The second-order valence-corrected chi connectivity index (χ2v) is 8.59. The predicted octanol–water partition coefficient (Wildman–Crippen LogP) is 5.27. The molecule has 1 aromatic heterocycles. The minimum Gasteiger partial charge on any atom is -0.359 e. The third-order valence-corrected chi connectivity index (χ3v) is 6.30. The van der Waals surface area contributed by atoms with E-state index >= 15 is 0 Å². The molecule has 170 valence electrons. The highest BCUT2D eigenvalue weighted by Gasteiger charge is 2.36. The number of hydrogen-bond acceptors (Lipinski definition) is 4. The fourth-order valence-corrected chi connectivity index (χ4v) is 4.52. The molecule has 0 spiro atoms. The van der Waals surface area contributed by atoms with Gasteiger partial charge in [0.15, 0.2) is 5.82 Å². The van der Waals surface area contributed by atoms with Crippen LogP contribution in [0.1, 0.15) is 27.7 Å². The number of benzene rings is 4. The van der Waals surface area contributed by atoms with Gasteiger partial charge >= 0.3 is 0 Å². The first kappa shape index (κ1) is 20.9. The SMILES string of the molecule is Cc1ccc(C2Nc3ccccc3C(=O)N2n2c(-c3ccccc3)nc3ccccc3c2=O)cc1. The normalized spacial score (nSPS) is 15.1. The van der Waals surface area contributed by atoms with Crippen molar-refractivity contribution in [3.63, 3.8) is 0 Å². The van der Waals surface area contributed by atoms with Gasteiger partial charge in [0.2, 0.25) is 0 Å². The molecule has 1 aliphatic rings. The quantitative estimate of drug-likeness (QED) is 0.400. The number of amides is 1. The molecule has 6 nitrogen and oxygen atoms in total. The third-order valence-electron chi connectivity index (χ3n) is 6.30. The van der Waals surface area contributed by atoms with Crippen molar-refractivity contribution in [3.8, 4) is 11.4 Å². The van der Waals surface area contributed by atoms with Gasteiger partial charge in [0, 0.05) is 11.3 Å². The van der Waals surface area contributed by atoms with Crippen LogP contribution in [-0.4, -0.2) is 15.6 Å². The highest BCUT2D eigenvalue weighted by molar-refractivity contribution is 6.08. The van der Waals surface area contributed by atoms with Crippen LogP contribution < -0.4 is 15.9 Å². The largest absolute Gasteiger partial charge is 0.359 e. The average Bonchev–Trinajstić information content (AvgIpc) is 2.90. The zero-order chi connectivity index (χ0) is 23.9. The lowest BCUT2D eigenvalue weighted by Gasteiger charge is -2.39. The Morgan fingerprint density at radius 2 is 1.46 bits per heavy atom. The van der Waals surface area contributed by atoms with Gasteiger partial charge in [-0.2, -0.15) is 4.68 Å². The summed E-state index contributed by atoms with van der Waals surface area (Å²) in [6, 6.07) is 32.0. The van der Waals surface area contributed by atoms with Crippen LogP contribution in [0.15, 0.2) is 108 Å². The molecule has 1 N–H and O–H groups in total. The van der Waals surface area contributed by atoms with Crippen molar-refractivity contribution >= 4 is 22.5 Å². The van der Waals surface area contributed by atoms with E-state index in [2.05, 4.69) is 5.32 Å². The summed E-state index contributed by atoms with van der Waals surface area (Å²) in [5.41, 5.74) is 4.20. The number of aryl methyl sites for hydroxylation is 1. The Labute approximate surface area is 202 Å². The van der Waals surface area contributed by atoms with E-state index in [0.29, 0.717) is 22.3 Å². The van der Waals surface area contributed by atoms with Crippen molar-refractivity contribution < 1.29 is 4.79 Å². The van der Waals surface area contributed by atoms with E-state index in [4.69, 9.17) is 4.98 Å². The monoisotopic (exact) mass is 458 g/mol. The van der Waals surface area contributed by atoms with E-state index < -0.39 is 6.17 Å². The van der Waals surface area contributed by atoms with Crippen LogP contribution >= 0.6 is 0 Å². The molecule has 0 saturated heterocycles. The first-order valence-corrected chi connectivity index (χ1v) is 11.4. The van der Waals surface area contributed by atoms with Crippen LogP contribution in [0.2, 0.25) is 0 Å². The molecular weight excluding hydrogens is 436 g/mol. The first-order chi connectivity index (χ1) is 17.1. The predicted molar refractivity (Wildman–Crippen MR) is 138 cm³/mol. The zero-order valence-corrected chi connectivity index (χ0v) is 19.1. The van der Waals surface area contributed by atoms with E-state index in [1.54, 1.807) is 18.2 Å². The summed E-state index contributed by atoms with van der Waals surface area (Å²) >= 11 is 0. The van der Waals surface area contributed by atoms with E-state index in [9.17, 15) is 9.59 Å². The van der Waals surface area contributed by atoms with E-state index in [0.717, 1.165) is 22.4 Å². The van der Waals surface area contributed by atoms with Crippen LogP contribution in [0, 0.1) is 6.92 Å². The van der Waals surface area contributed by atoms with Crippen LogP contribution in [0.25, 0.3) is 22.3 Å². The van der Waals surface area contributed by atoms with Crippen LogP contribution in [-0.2, 0) is 0 Å². The van der Waals surface area contributed by atoms with Gasteiger partial charge in [-0.1, -0.05) is 84.4 Å². The summed E-state index contributed by atoms with van der Waals surface area (Å²) in [6.07, 6.45) is -0.610. The Kier molecular flexibility index (Phi) is 4.92. The van der Waals surface area contributed by atoms with E-state index in [1.807, 2.05) is 91.9 Å². The highest BCUT2D eigenvalue weighted by atomic mass is 16.2. The number of fused-ring (bicyclic) bond motifs is 2. The number of nitrogens with one attached hydrogen (secondary N) is 1. The lowest BCUT2D eigenvalue weighted by atomic mass is 10.0. The van der Waals surface area contributed by atoms with Crippen molar-refractivity contribution in [2.45, 2.75) is 13.1 Å². The number of carbonyl (C=O) groups is 1. The second kappa shape index (κ2) is 8.25. The third kappa shape index (κ3) is 3.47. The number of anilines is 1. The molecule has 1 atom stereocenters. The molecule has 2 heterocycles. The fourth-order valence-electron chi connectivity index (χ4n) is 4.52. The van der Waals surface area contributed by atoms with Crippen LogP contribution in [0.4, 0.5) is 5.69 Å². The molecule has 0 aliphatic carbocycles. The lowest BCUT2D eigenvalue weighted by Crippen LogP contribution is -2.54. The van der Waals surface area contributed by atoms with Crippen molar-refractivity contribution in [2.24, 2.45) is 0 Å². The maximum atomic E-state index is 14.0. The molecule has 0 saturated carbocycles. The minimum absolute atomic E-state index is 0.277. The number of nitrogens with zero attached hydrogens (tertiary/aromatic N) is 3. The maximum Gasteiger partial charge on any atom is 0.280 e. The van der Waals surface area contributed by atoms with Gasteiger partial charge < -0.3 is 5.32 Å². The molecule has 5 aromatic rings. The van der Waals surface area contributed by atoms with Crippen LogP contribution in [0.5, 0.6) is 0 Å². The van der Waals surface area contributed by atoms with Crippen molar-refractivity contribution in [2.75, 3.05) is 10.3 Å². The summed E-state index contributed by atoms with van der Waals surface area (Å²) in [5, 5.41) is 5.43. The number of carbonyl (C=O) groups excluding carboxylic acids is 1. The van der Waals surface area contributed by atoms with Gasteiger partial charge in [0.05, 0.1) is 16.5 Å². The Bertz CT molecular complexity index is 1630. The molecule has 1 amide bonds. The van der Waals surface area contributed by atoms with Gasteiger partial charge in [0.25, 0.3) is 11.5 Å². The Morgan fingerprint density at radius 3 is 2.26 bits per heavy atom.